The molecule has 0 bridgehead atoms. The van der Waals surface area contributed by atoms with Crippen LogP contribution in [0.15, 0.2) is 0 Å². The molecule has 100 valence electrons. The molecule has 0 aromatic carbocycles. The first kappa shape index (κ1) is 14.5. The molecule has 2 unspecified atom stereocenters. The molecule has 1 saturated heterocycles. The van der Waals surface area contributed by atoms with Crippen LogP contribution in [-0.2, 0) is 4.79 Å². The largest absolute Gasteiger partial charge is 0.344 e. The van der Waals surface area contributed by atoms with E-state index in [1.54, 1.807) is 0 Å². The van der Waals surface area contributed by atoms with Crippen molar-refractivity contribution in [1.29, 1.82) is 0 Å². The first-order valence-corrected chi connectivity index (χ1v) is 6.63. The second kappa shape index (κ2) is 6.97. The van der Waals surface area contributed by atoms with Crippen molar-refractivity contribution in [2.24, 2.45) is 5.92 Å². The van der Waals surface area contributed by atoms with Crippen LogP contribution in [0, 0.1) is 5.92 Å². The summed E-state index contributed by atoms with van der Waals surface area (Å²) >= 11 is 0. The number of likely N-dealkylation sites (N-methyl/N-ethyl adjacent to an activating group) is 1. The summed E-state index contributed by atoms with van der Waals surface area (Å²) in [7, 11) is 6.04. The lowest BCUT2D eigenvalue weighted by Crippen LogP contribution is -2.49. The van der Waals surface area contributed by atoms with E-state index in [1.807, 2.05) is 11.9 Å². The summed E-state index contributed by atoms with van der Waals surface area (Å²) in [4.78, 5) is 16.2. The van der Waals surface area contributed by atoms with E-state index in [1.165, 1.54) is 6.42 Å². The molecule has 2 atom stereocenters. The number of amides is 1. The number of hydrogen-bond donors (Lipinski definition) is 1. The Morgan fingerprint density at radius 2 is 2.00 bits per heavy atom. The van der Waals surface area contributed by atoms with Crippen LogP contribution < -0.4 is 5.32 Å². The van der Waals surface area contributed by atoms with Crippen LogP contribution in [-0.4, -0.2) is 62.5 Å². The maximum absolute atomic E-state index is 12.2. The number of nitrogens with zero attached hydrogens (tertiary/aromatic N) is 2. The molecular formula is C13H27N3O. The van der Waals surface area contributed by atoms with Crippen LogP contribution in [0.3, 0.4) is 0 Å². The average molecular weight is 241 g/mol. The Morgan fingerprint density at radius 1 is 1.29 bits per heavy atom. The van der Waals surface area contributed by atoms with E-state index >= 15 is 0 Å². The van der Waals surface area contributed by atoms with Gasteiger partial charge < -0.3 is 15.1 Å². The zero-order valence-electron chi connectivity index (χ0n) is 11.7. The van der Waals surface area contributed by atoms with E-state index in [9.17, 15) is 4.79 Å². The lowest BCUT2D eigenvalue weighted by Gasteiger charge is -2.30. The standard InChI is InChI=1S/C13H27N3O/c1-11-6-7-14-12(10-11)13(17)16(4)9-5-8-15(2)3/h11-12,14H,5-10H2,1-4H3. The van der Waals surface area contributed by atoms with Gasteiger partial charge in [-0.15, -0.1) is 0 Å². The first-order chi connectivity index (χ1) is 8.00. The molecule has 0 saturated carbocycles. The molecule has 1 rings (SSSR count). The minimum atomic E-state index is 0.0445. The Hall–Kier alpha value is -0.610. The monoisotopic (exact) mass is 241 g/mol. The third kappa shape index (κ3) is 5.04. The predicted molar refractivity (Wildman–Crippen MR) is 71.0 cm³/mol. The zero-order chi connectivity index (χ0) is 12.8. The highest BCUT2D eigenvalue weighted by Crippen LogP contribution is 2.16. The summed E-state index contributed by atoms with van der Waals surface area (Å²) < 4.78 is 0. The number of carbonyl (C=O) groups is 1. The van der Waals surface area contributed by atoms with Gasteiger partial charge in [-0.05, 0) is 52.4 Å². The van der Waals surface area contributed by atoms with Crippen molar-refractivity contribution < 1.29 is 4.79 Å². The molecule has 1 aliphatic heterocycles. The molecule has 0 aliphatic carbocycles. The summed E-state index contributed by atoms with van der Waals surface area (Å²) in [6.45, 7) is 5.09. The van der Waals surface area contributed by atoms with Gasteiger partial charge in [-0.2, -0.15) is 0 Å². The zero-order valence-corrected chi connectivity index (χ0v) is 11.7. The lowest BCUT2D eigenvalue weighted by atomic mass is 9.93. The maximum Gasteiger partial charge on any atom is 0.239 e. The van der Waals surface area contributed by atoms with Gasteiger partial charge in [0.2, 0.25) is 5.91 Å². The van der Waals surface area contributed by atoms with Crippen molar-refractivity contribution >= 4 is 5.91 Å². The van der Waals surface area contributed by atoms with E-state index < -0.39 is 0 Å². The van der Waals surface area contributed by atoms with Gasteiger partial charge in [-0.3, -0.25) is 4.79 Å². The van der Waals surface area contributed by atoms with Crippen LogP contribution in [0.25, 0.3) is 0 Å². The quantitative estimate of drug-likeness (QED) is 0.773. The minimum Gasteiger partial charge on any atom is -0.344 e. The molecule has 0 spiro atoms. The van der Waals surface area contributed by atoms with E-state index in [2.05, 4.69) is 31.2 Å². The number of rotatable bonds is 5. The number of carbonyl (C=O) groups excluding carboxylic acids is 1. The van der Waals surface area contributed by atoms with Crippen molar-refractivity contribution in [2.45, 2.75) is 32.2 Å². The highest BCUT2D eigenvalue weighted by molar-refractivity contribution is 5.81. The Kier molecular flexibility index (Phi) is 5.92. The van der Waals surface area contributed by atoms with E-state index in [0.29, 0.717) is 5.92 Å². The van der Waals surface area contributed by atoms with Crippen molar-refractivity contribution in [3.63, 3.8) is 0 Å². The fourth-order valence-corrected chi connectivity index (χ4v) is 2.30. The Labute approximate surface area is 105 Å². The normalized spacial score (nSPS) is 25.0. The SMILES string of the molecule is CC1CCNC(C(=O)N(C)CCCN(C)C)C1. The van der Waals surface area contributed by atoms with Gasteiger partial charge in [0, 0.05) is 13.6 Å². The topological polar surface area (TPSA) is 35.6 Å². The predicted octanol–water partition coefficient (Wildman–Crippen LogP) is 0.785. The lowest BCUT2D eigenvalue weighted by molar-refractivity contribution is -0.133. The van der Waals surface area contributed by atoms with Gasteiger partial charge >= 0.3 is 0 Å². The van der Waals surface area contributed by atoms with Crippen LogP contribution in [0.1, 0.15) is 26.2 Å². The van der Waals surface area contributed by atoms with Crippen molar-refractivity contribution in [3.05, 3.63) is 0 Å². The summed E-state index contributed by atoms with van der Waals surface area (Å²) in [6.07, 6.45) is 3.21. The molecule has 1 amide bonds. The number of nitrogens with one attached hydrogen (secondary N) is 1. The molecular weight excluding hydrogens is 214 g/mol. The number of piperidine rings is 1. The number of hydrogen-bond acceptors (Lipinski definition) is 3. The smallest absolute Gasteiger partial charge is 0.239 e. The fraction of sp³-hybridized carbons (Fsp3) is 0.923. The highest BCUT2D eigenvalue weighted by Gasteiger charge is 2.26. The first-order valence-electron chi connectivity index (χ1n) is 6.63. The molecule has 1 fully saturated rings. The Morgan fingerprint density at radius 3 is 2.59 bits per heavy atom. The van der Waals surface area contributed by atoms with Gasteiger partial charge in [0.15, 0.2) is 0 Å². The second-order valence-corrected chi connectivity index (χ2v) is 5.55. The highest BCUT2D eigenvalue weighted by atomic mass is 16.2. The fourth-order valence-electron chi connectivity index (χ4n) is 2.30. The molecule has 4 nitrogen and oxygen atoms in total. The molecule has 1 aliphatic rings. The van der Waals surface area contributed by atoms with Gasteiger partial charge in [0.1, 0.15) is 0 Å². The molecule has 0 radical (unpaired) electrons. The Balaban J connectivity index is 2.30. The van der Waals surface area contributed by atoms with Crippen LogP contribution in [0.5, 0.6) is 0 Å². The summed E-state index contributed by atoms with van der Waals surface area (Å²) in [6, 6.07) is 0.0445. The van der Waals surface area contributed by atoms with Gasteiger partial charge in [0.25, 0.3) is 0 Å². The molecule has 1 N–H and O–H groups in total. The van der Waals surface area contributed by atoms with E-state index in [-0.39, 0.29) is 11.9 Å². The third-order valence-corrected chi connectivity index (χ3v) is 3.44. The summed E-state index contributed by atoms with van der Waals surface area (Å²) in [5.74, 6) is 0.927. The minimum absolute atomic E-state index is 0.0445. The van der Waals surface area contributed by atoms with Crippen molar-refractivity contribution in [3.8, 4) is 0 Å². The second-order valence-electron chi connectivity index (χ2n) is 5.55. The van der Waals surface area contributed by atoms with Gasteiger partial charge in [-0.1, -0.05) is 6.92 Å². The van der Waals surface area contributed by atoms with Crippen LogP contribution in [0.2, 0.25) is 0 Å². The maximum atomic E-state index is 12.2. The average Bonchev–Trinajstić information content (AvgIpc) is 2.27. The summed E-state index contributed by atoms with van der Waals surface area (Å²) in [5.41, 5.74) is 0. The molecule has 4 heteroatoms. The molecule has 1 heterocycles. The molecule has 0 aromatic heterocycles. The van der Waals surface area contributed by atoms with Gasteiger partial charge in [0.05, 0.1) is 6.04 Å². The van der Waals surface area contributed by atoms with Crippen LogP contribution >= 0.6 is 0 Å². The van der Waals surface area contributed by atoms with Gasteiger partial charge in [-0.25, -0.2) is 0 Å². The summed E-state index contributed by atoms with van der Waals surface area (Å²) in [5, 5.41) is 3.33. The molecule has 0 aromatic rings. The van der Waals surface area contributed by atoms with Crippen LogP contribution in [0.4, 0.5) is 0 Å². The Bertz CT molecular complexity index is 243. The van der Waals surface area contributed by atoms with Crippen molar-refractivity contribution in [2.75, 3.05) is 40.8 Å². The third-order valence-electron chi connectivity index (χ3n) is 3.44. The van der Waals surface area contributed by atoms with E-state index in [0.717, 1.165) is 32.5 Å². The molecule has 17 heavy (non-hydrogen) atoms. The van der Waals surface area contributed by atoms with Crippen molar-refractivity contribution in [1.82, 2.24) is 15.1 Å². The van der Waals surface area contributed by atoms with E-state index in [4.69, 9.17) is 0 Å².